The lowest BCUT2D eigenvalue weighted by Gasteiger charge is -2.43. The zero-order valence-corrected chi connectivity index (χ0v) is 15.7. The Morgan fingerprint density at radius 2 is 2.00 bits per heavy atom. The summed E-state index contributed by atoms with van der Waals surface area (Å²) in [5, 5.41) is 0. The van der Waals surface area contributed by atoms with Crippen molar-refractivity contribution in [1.29, 1.82) is 0 Å². The lowest BCUT2D eigenvalue weighted by molar-refractivity contribution is -0.137. The molecule has 0 saturated carbocycles. The molecule has 142 valence electrons. The number of allylic oxidation sites excluding steroid dienone is 1. The first-order valence-electron chi connectivity index (χ1n) is 9.66. The Balaban J connectivity index is 1.66. The number of carbonyl (C=O) groups excluding carboxylic acids is 1. The number of morpholine rings is 1. The van der Waals surface area contributed by atoms with Crippen molar-refractivity contribution >= 4 is 5.91 Å². The van der Waals surface area contributed by atoms with E-state index in [4.69, 9.17) is 9.47 Å². The van der Waals surface area contributed by atoms with Crippen molar-refractivity contribution in [3.63, 3.8) is 0 Å². The summed E-state index contributed by atoms with van der Waals surface area (Å²) in [7, 11) is 0. The average Bonchev–Trinajstić information content (AvgIpc) is 2.88. The molecule has 2 fully saturated rings. The van der Waals surface area contributed by atoms with Gasteiger partial charge in [0.25, 0.3) is 5.91 Å². The number of unbranched alkanes of at least 4 members (excludes halogenated alkanes) is 1. The van der Waals surface area contributed by atoms with Crippen LogP contribution in [-0.4, -0.2) is 73.9 Å². The van der Waals surface area contributed by atoms with Gasteiger partial charge in [-0.25, -0.2) is 0 Å². The van der Waals surface area contributed by atoms with E-state index in [-0.39, 0.29) is 5.91 Å². The Labute approximate surface area is 156 Å². The minimum atomic E-state index is -0.433. The summed E-state index contributed by atoms with van der Waals surface area (Å²) >= 11 is 0. The van der Waals surface area contributed by atoms with Crippen LogP contribution in [0.4, 0.5) is 0 Å². The van der Waals surface area contributed by atoms with E-state index in [2.05, 4.69) is 24.0 Å². The van der Waals surface area contributed by atoms with Gasteiger partial charge in [-0.3, -0.25) is 9.69 Å². The quantitative estimate of drug-likeness (QED) is 0.759. The van der Waals surface area contributed by atoms with Crippen LogP contribution in [-0.2, 0) is 9.47 Å². The number of ether oxygens (including phenoxy) is 2. The fourth-order valence-corrected chi connectivity index (χ4v) is 3.61. The summed E-state index contributed by atoms with van der Waals surface area (Å²) in [6.45, 7) is 7.80. The molecule has 0 bridgehead atoms. The van der Waals surface area contributed by atoms with E-state index in [1.165, 1.54) is 6.42 Å². The number of rotatable bonds is 5. The zero-order valence-electron chi connectivity index (χ0n) is 15.7. The van der Waals surface area contributed by atoms with Gasteiger partial charge in [-0.05, 0) is 18.6 Å². The second-order valence-corrected chi connectivity index (χ2v) is 7.17. The van der Waals surface area contributed by atoms with Crippen LogP contribution in [0.5, 0.6) is 0 Å². The van der Waals surface area contributed by atoms with E-state index in [0.29, 0.717) is 32.9 Å². The molecule has 0 radical (unpaired) electrons. The van der Waals surface area contributed by atoms with E-state index in [9.17, 15) is 4.79 Å². The smallest absolute Gasteiger partial charge is 0.254 e. The zero-order chi connectivity index (χ0) is 18.2. The number of hydrogen-bond donors (Lipinski definition) is 0. The van der Waals surface area contributed by atoms with Gasteiger partial charge in [-0.2, -0.15) is 0 Å². The molecule has 1 aromatic carbocycles. The molecule has 1 aromatic rings. The third kappa shape index (κ3) is 4.93. The van der Waals surface area contributed by atoms with E-state index >= 15 is 0 Å². The van der Waals surface area contributed by atoms with Crippen LogP contribution in [0.3, 0.4) is 0 Å². The van der Waals surface area contributed by atoms with Gasteiger partial charge in [-0.15, -0.1) is 0 Å². The molecule has 26 heavy (non-hydrogen) atoms. The van der Waals surface area contributed by atoms with E-state index in [1.54, 1.807) is 0 Å². The highest BCUT2D eigenvalue weighted by Gasteiger charge is 2.41. The normalized spacial score (nSPS) is 24.9. The van der Waals surface area contributed by atoms with Gasteiger partial charge in [0.15, 0.2) is 0 Å². The number of hydrogen-bond acceptors (Lipinski definition) is 4. The Morgan fingerprint density at radius 1 is 1.15 bits per heavy atom. The molecular weight excluding hydrogens is 328 g/mol. The standard InChI is InChI=1S/C21H30N2O3/c1-2-3-4-8-11-22-12-15-26-21(16-22)17-23(13-14-25-18-21)20(24)19-9-6-5-7-10-19/h4-10H,2-3,11-18H2,1H3/b8-4+/t21-/m0/s1. The van der Waals surface area contributed by atoms with Crippen molar-refractivity contribution in [2.24, 2.45) is 0 Å². The summed E-state index contributed by atoms with van der Waals surface area (Å²) in [6, 6.07) is 9.47. The van der Waals surface area contributed by atoms with Crippen molar-refractivity contribution in [1.82, 2.24) is 9.80 Å². The van der Waals surface area contributed by atoms with Crippen LogP contribution in [0.1, 0.15) is 30.1 Å². The monoisotopic (exact) mass is 358 g/mol. The molecule has 2 saturated heterocycles. The molecule has 1 atom stereocenters. The van der Waals surface area contributed by atoms with Gasteiger partial charge in [0.05, 0.1) is 26.4 Å². The van der Waals surface area contributed by atoms with Crippen molar-refractivity contribution in [2.45, 2.75) is 25.4 Å². The largest absolute Gasteiger partial charge is 0.376 e. The lowest BCUT2D eigenvalue weighted by Crippen LogP contribution is -2.59. The predicted octanol–water partition coefficient (Wildman–Crippen LogP) is 2.59. The van der Waals surface area contributed by atoms with Gasteiger partial charge < -0.3 is 14.4 Å². The molecular formula is C21H30N2O3. The van der Waals surface area contributed by atoms with Gasteiger partial charge in [0.1, 0.15) is 5.60 Å². The maximum absolute atomic E-state index is 12.9. The summed E-state index contributed by atoms with van der Waals surface area (Å²) in [5.41, 5.74) is 0.289. The maximum Gasteiger partial charge on any atom is 0.254 e. The summed E-state index contributed by atoms with van der Waals surface area (Å²) in [5.74, 6) is 0.0547. The molecule has 3 rings (SSSR count). The highest BCUT2D eigenvalue weighted by Crippen LogP contribution is 2.23. The Morgan fingerprint density at radius 3 is 2.81 bits per heavy atom. The first-order chi connectivity index (χ1) is 12.7. The summed E-state index contributed by atoms with van der Waals surface area (Å²) < 4.78 is 12.0. The fraction of sp³-hybridized carbons (Fsp3) is 0.571. The van der Waals surface area contributed by atoms with Crippen LogP contribution < -0.4 is 0 Å². The first-order valence-corrected chi connectivity index (χ1v) is 9.66. The average molecular weight is 358 g/mol. The van der Waals surface area contributed by atoms with Crippen LogP contribution in [0.15, 0.2) is 42.5 Å². The Kier molecular flexibility index (Phi) is 6.83. The summed E-state index contributed by atoms with van der Waals surface area (Å²) in [6.07, 6.45) is 6.79. The van der Waals surface area contributed by atoms with Crippen LogP contribution in [0.2, 0.25) is 0 Å². The van der Waals surface area contributed by atoms with Crippen LogP contribution >= 0.6 is 0 Å². The van der Waals surface area contributed by atoms with Gasteiger partial charge in [0, 0.05) is 31.7 Å². The second kappa shape index (κ2) is 9.31. The highest BCUT2D eigenvalue weighted by atomic mass is 16.5. The van der Waals surface area contributed by atoms with Gasteiger partial charge in [-0.1, -0.05) is 43.7 Å². The molecule has 2 aliphatic heterocycles. The topological polar surface area (TPSA) is 42.0 Å². The van der Waals surface area contributed by atoms with Gasteiger partial charge in [0.2, 0.25) is 0 Å². The molecule has 1 amide bonds. The molecule has 0 aromatic heterocycles. The third-order valence-electron chi connectivity index (χ3n) is 4.97. The van der Waals surface area contributed by atoms with E-state index in [1.807, 2.05) is 35.2 Å². The van der Waals surface area contributed by atoms with Crippen molar-refractivity contribution < 1.29 is 14.3 Å². The number of carbonyl (C=O) groups is 1. The second-order valence-electron chi connectivity index (χ2n) is 7.17. The lowest BCUT2D eigenvalue weighted by atomic mass is 10.0. The first kappa shape index (κ1) is 19.1. The number of benzene rings is 1. The molecule has 2 heterocycles. The van der Waals surface area contributed by atoms with Crippen LogP contribution in [0, 0.1) is 0 Å². The molecule has 1 spiro atoms. The van der Waals surface area contributed by atoms with Crippen molar-refractivity contribution in [2.75, 3.05) is 52.5 Å². The highest BCUT2D eigenvalue weighted by molar-refractivity contribution is 5.94. The minimum absolute atomic E-state index is 0.0547. The molecule has 0 unspecified atom stereocenters. The fourth-order valence-electron chi connectivity index (χ4n) is 3.61. The molecule has 0 aliphatic carbocycles. The van der Waals surface area contributed by atoms with E-state index in [0.717, 1.165) is 31.6 Å². The SMILES string of the molecule is CCC/C=C/CN1CCO[C@@]2(COCCN(C(=O)c3ccccc3)C2)C1. The molecule has 5 heteroatoms. The predicted molar refractivity (Wildman–Crippen MR) is 102 cm³/mol. The minimum Gasteiger partial charge on any atom is -0.376 e. The van der Waals surface area contributed by atoms with Crippen LogP contribution in [0.25, 0.3) is 0 Å². The maximum atomic E-state index is 12.9. The molecule has 2 aliphatic rings. The van der Waals surface area contributed by atoms with Crippen molar-refractivity contribution in [3.05, 3.63) is 48.0 Å². The third-order valence-corrected chi connectivity index (χ3v) is 4.97. The molecule has 0 N–H and O–H groups in total. The van der Waals surface area contributed by atoms with E-state index < -0.39 is 5.60 Å². The number of nitrogens with zero attached hydrogens (tertiary/aromatic N) is 2. The summed E-state index contributed by atoms with van der Waals surface area (Å²) in [4.78, 5) is 17.2. The molecule has 5 nitrogen and oxygen atoms in total. The Bertz CT molecular complexity index is 605. The number of amides is 1. The van der Waals surface area contributed by atoms with Gasteiger partial charge >= 0.3 is 0 Å². The Hall–Kier alpha value is -1.69. The van der Waals surface area contributed by atoms with Crippen molar-refractivity contribution in [3.8, 4) is 0 Å².